The summed E-state index contributed by atoms with van der Waals surface area (Å²) in [4.78, 5) is 0. The molecule has 1 saturated carbocycles. The van der Waals surface area contributed by atoms with Gasteiger partial charge in [-0.2, -0.15) is 5.10 Å². The highest BCUT2D eigenvalue weighted by atomic mass is 16.5. The summed E-state index contributed by atoms with van der Waals surface area (Å²) in [6.07, 6.45) is 5.57. The fraction of sp³-hybridized carbons (Fsp3) is 0.588. The van der Waals surface area contributed by atoms with E-state index in [9.17, 15) is 0 Å². The third-order valence-corrected chi connectivity index (χ3v) is 4.23. The average molecular weight is 272 g/mol. The van der Waals surface area contributed by atoms with E-state index in [-0.39, 0.29) is 0 Å². The first-order chi connectivity index (χ1) is 9.63. The summed E-state index contributed by atoms with van der Waals surface area (Å²) in [6, 6.07) is 6.93. The Morgan fingerprint density at radius 1 is 1.35 bits per heavy atom. The zero-order chi connectivity index (χ0) is 14.1. The van der Waals surface area contributed by atoms with E-state index in [1.807, 2.05) is 6.20 Å². The molecule has 0 amide bonds. The number of hydrogen-bond donors (Lipinski definition) is 0. The van der Waals surface area contributed by atoms with Crippen molar-refractivity contribution >= 4 is 10.9 Å². The van der Waals surface area contributed by atoms with Crippen molar-refractivity contribution in [3.05, 3.63) is 24.4 Å². The second kappa shape index (κ2) is 5.47. The van der Waals surface area contributed by atoms with Gasteiger partial charge in [-0.05, 0) is 49.3 Å². The number of aromatic nitrogens is 2. The van der Waals surface area contributed by atoms with Crippen LogP contribution < -0.4 is 4.74 Å². The fourth-order valence-electron chi connectivity index (χ4n) is 2.88. The molecule has 1 aromatic heterocycles. The number of rotatable bonds is 5. The molecule has 0 bridgehead atoms. The van der Waals surface area contributed by atoms with Crippen molar-refractivity contribution in [1.82, 2.24) is 9.78 Å². The second-order valence-corrected chi connectivity index (χ2v) is 6.57. The molecule has 0 unspecified atom stereocenters. The van der Waals surface area contributed by atoms with Gasteiger partial charge in [-0.1, -0.05) is 20.8 Å². The third kappa shape index (κ3) is 2.67. The summed E-state index contributed by atoms with van der Waals surface area (Å²) in [7, 11) is 0. The van der Waals surface area contributed by atoms with Crippen LogP contribution in [0.4, 0.5) is 0 Å². The van der Waals surface area contributed by atoms with Crippen molar-refractivity contribution in [3.63, 3.8) is 0 Å². The quantitative estimate of drug-likeness (QED) is 0.805. The van der Waals surface area contributed by atoms with Crippen molar-refractivity contribution in [2.24, 2.45) is 11.8 Å². The first-order valence-electron chi connectivity index (χ1n) is 7.73. The molecule has 1 aromatic carbocycles. The smallest absolute Gasteiger partial charge is 0.120 e. The summed E-state index contributed by atoms with van der Waals surface area (Å²) in [5.41, 5.74) is 1.23. The minimum absolute atomic E-state index is 0.593. The SMILES string of the molecule is CC(C)CCOc1ccc2c(cnn2[C@H]2C[C@H](C)C2)c1. The lowest BCUT2D eigenvalue weighted by molar-refractivity contribution is 0.206. The third-order valence-electron chi connectivity index (χ3n) is 4.23. The van der Waals surface area contributed by atoms with Crippen LogP contribution in [0.1, 0.15) is 46.1 Å². The summed E-state index contributed by atoms with van der Waals surface area (Å²) in [6.45, 7) is 7.53. The number of ether oxygens (including phenoxy) is 1. The fourth-order valence-corrected chi connectivity index (χ4v) is 2.88. The first-order valence-corrected chi connectivity index (χ1v) is 7.73. The summed E-state index contributed by atoms with van der Waals surface area (Å²) in [5, 5.41) is 5.75. The van der Waals surface area contributed by atoms with Gasteiger partial charge in [0, 0.05) is 5.39 Å². The molecule has 1 aliphatic rings. The Bertz CT molecular complexity index is 582. The molecule has 3 heteroatoms. The van der Waals surface area contributed by atoms with Crippen molar-refractivity contribution in [3.8, 4) is 5.75 Å². The molecule has 3 rings (SSSR count). The number of nitrogens with zero attached hydrogens (tertiary/aromatic N) is 2. The van der Waals surface area contributed by atoms with Crippen LogP contribution in [-0.4, -0.2) is 16.4 Å². The number of fused-ring (bicyclic) bond motifs is 1. The Morgan fingerprint density at radius 3 is 2.85 bits per heavy atom. The number of hydrogen-bond acceptors (Lipinski definition) is 2. The maximum Gasteiger partial charge on any atom is 0.120 e. The Balaban J connectivity index is 1.72. The van der Waals surface area contributed by atoms with E-state index >= 15 is 0 Å². The van der Waals surface area contributed by atoms with Crippen LogP contribution in [0.3, 0.4) is 0 Å². The van der Waals surface area contributed by atoms with Gasteiger partial charge in [0.15, 0.2) is 0 Å². The topological polar surface area (TPSA) is 27.1 Å². The van der Waals surface area contributed by atoms with Gasteiger partial charge in [0.2, 0.25) is 0 Å². The minimum Gasteiger partial charge on any atom is -0.494 e. The molecule has 1 fully saturated rings. The van der Waals surface area contributed by atoms with Gasteiger partial charge in [0.05, 0.1) is 24.4 Å². The van der Waals surface area contributed by atoms with E-state index in [4.69, 9.17) is 4.74 Å². The van der Waals surface area contributed by atoms with E-state index in [1.165, 1.54) is 23.7 Å². The molecule has 2 aromatic rings. The van der Waals surface area contributed by atoms with E-state index in [1.54, 1.807) is 0 Å². The molecular weight excluding hydrogens is 248 g/mol. The molecule has 0 radical (unpaired) electrons. The molecule has 0 saturated heterocycles. The highest BCUT2D eigenvalue weighted by Crippen LogP contribution is 2.38. The molecule has 1 heterocycles. The van der Waals surface area contributed by atoms with Crippen molar-refractivity contribution < 1.29 is 4.74 Å². The van der Waals surface area contributed by atoms with Crippen LogP contribution in [0.5, 0.6) is 5.75 Å². The Labute approximate surface area is 120 Å². The molecule has 0 N–H and O–H groups in total. The van der Waals surface area contributed by atoms with Gasteiger partial charge in [-0.25, -0.2) is 0 Å². The predicted molar refractivity (Wildman–Crippen MR) is 82.1 cm³/mol. The molecule has 20 heavy (non-hydrogen) atoms. The Kier molecular flexibility index (Phi) is 3.68. The van der Waals surface area contributed by atoms with E-state index in [0.29, 0.717) is 12.0 Å². The van der Waals surface area contributed by atoms with Gasteiger partial charge >= 0.3 is 0 Å². The van der Waals surface area contributed by atoms with Crippen LogP contribution >= 0.6 is 0 Å². The predicted octanol–water partition coefficient (Wildman–Crippen LogP) is 4.43. The van der Waals surface area contributed by atoms with Crippen LogP contribution in [0.15, 0.2) is 24.4 Å². The largest absolute Gasteiger partial charge is 0.494 e. The average Bonchev–Trinajstić information content (AvgIpc) is 2.77. The lowest BCUT2D eigenvalue weighted by Gasteiger charge is -2.33. The Hall–Kier alpha value is -1.51. The van der Waals surface area contributed by atoms with E-state index < -0.39 is 0 Å². The van der Waals surface area contributed by atoms with Gasteiger partial charge in [-0.3, -0.25) is 4.68 Å². The molecule has 0 aliphatic heterocycles. The lowest BCUT2D eigenvalue weighted by atomic mass is 9.82. The van der Waals surface area contributed by atoms with Crippen molar-refractivity contribution in [1.29, 1.82) is 0 Å². The summed E-state index contributed by atoms with van der Waals surface area (Å²) in [5.74, 6) is 2.49. The van der Waals surface area contributed by atoms with Crippen LogP contribution in [0.25, 0.3) is 10.9 Å². The highest BCUT2D eigenvalue weighted by molar-refractivity contribution is 5.80. The molecular formula is C17H24N2O. The van der Waals surface area contributed by atoms with Crippen LogP contribution in [0, 0.1) is 11.8 Å². The van der Waals surface area contributed by atoms with Gasteiger partial charge in [-0.15, -0.1) is 0 Å². The van der Waals surface area contributed by atoms with E-state index in [2.05, 4.69) is 48.8 Å². The van der Waals surface area contributed by atoms with Crippen LogP contribution in [-0.2, 0) is 0 Å². The van der Waals surface area contributed by atoms with E-state index in [0.717, 1.165) is 24.7 Å². The van der Waals surface area contributed by atoms with Crippen LogP contribution in [0.2, 0.25) is 0 Å². The minimum atomic E-state index is 0.593. The normalized spacial score (nSPS) is 22.2. The highest BCUT2D eigenvalue weighted by Gasteiger charge is 2.28. The monoisotopic (exact) mass is 272 g/mol. The number of benzene rings is 1. The summed E-state index contributed by atoms with van der Waals surface area (Å²) >= 11 is 0. The first kappa shape index (κ1) is 13.5. The zero-order valence-corrected chi connectivity index (χ0v) is 12.7. The molecule has 0 atom stereocenters. The Morgan fingerprint density at radius 2 is 2.15 bits per heavy atom. The molecule has 0 spiro atoms. The second-order valence-electron chi connectivity index (χ2n) is 6.57. The van der Waals surface area contributed by atoms with Crippen molar-refractivity contribution in [2.45, 2.75) is 46.1 Å². The van der Waals surface area contributed by atoms with Crippen molar-refractivity contribution in [2.75, 3.05) is 6.61 Å². The molecule has 1 aliphatic carbocycles. The van der Waals surface area contributed by atoms with Gasteiger partial charge in [0.1, 0.15) is 5.75 Å². The standard InChI is InChI=1S/C17H24N2O/c1-12(2)6-7-20-16-4-5-17-14(10-16)11-18-19(17)15-8-13(3)9-15/h4-5,10-13,15H,6-9H2,1-3H3/t13-,15-. The van der Waals surface area contributed by atoms with Gasteiger partial charge in [0.25, 0.3) is 0 Å². The summed E-state index contributed by atoms with van der Waals surface area (Å²) < 4.78 is 8.00. The molecule has 3 nitrogen and oxygen atoms in total. The lowest BCUT2D eigenvalue weighted by Crippen LogP contribution is -2.25. The molecule has 108 valence electrons. The maximum atomic E-state index is 5.81. The maximum absolute atomic E-state index is 5.81. The van der Waals surface area contributed by atoms with Gasteiger partial charge < -0.3 is 4.74 Å². The zero-order valence-electron chi connectivity index (χ0n) is 12.7.